The quantitative estimate of drug-likeness (QED) is 0.398. The fourth-order valence-electron chi connectivity index (χ4n) is 3.83. The largest absolute Gasteiger partial charge is 0.0616 e. The number of hydrogen-bond donors (Lipinski definition) is 0. The molecule has 0 amide bonds. The third-order valence-corrected chi connectivity index (χ3v) is 4.87. The minimum atomic E-state index is 1.03. The summed E-state index contributed by atoms with van der Waals surface area (Å²) in [6.07, 6.45) is 3.40. The van der Waals surface area contributed by atoms with Crippen LogP contribution in [0.5, 0.6) is 0 Å². The van der Waals surface area contributed by atoms with E-state index >= 15 is 0 Å². The van der Waals surface area contributed by atoms with Crippen molar-refractivity contribution in [3.63, 3.8) is 0 Å². The maximum atomic E-state index is 2.37. The van der Waals surface area contributed by atoms with E-state index in [1.165, 1.54) is 43.8 Å². The van der Waals surface area contributed by atoms with E-state index < -0.39 is 0 Å². The zero-order valence-electron chi connectivity index (χ0n) is 12.8. The molecule has 4 aromatic rings. The molecular weight excluding hydrogens is 276 g/mol. The van der Waals surface area contributed by atoms with Gasteiger partial charge >= 0.3 is 0 Å². The van der Waals surface area contributed by atoms with Gasteiger partial charge in [-0.1, -0.05) is 84.9 Å². The Morgan fingerprint density at radius 2 is 1.39 bits per heavy atom. The van der Waals surface area contributed by atoms with Gasteiger partial charge in [-0.15, -0.1) is 0 Å². The molecule has 5 rings (SSSR count). The molecule has 0 heterocycles. The van der Waals surface area contributed by atoms with Crippen molar-refractivity contribution < 1.29 is 0 Å². The Labute approximate surface area is 135 Å². The Kier molecular flexibility index (Phi) is 2.65. The van der Waals surface area contributed by atoms with Gasteiger partial charge in [0.05, 0.1) is 0 Å². The third kappa shape index (κ3) is 1.92. The summed E-state index contributed by atoms with van der Waals surface area (Å²) in [5.41, 5.74) is 5.58. The smallest absolute Gasteiger partial charge is 0.00130 e. The number of fused-ring (bicyclic) bond motifs is 1. The minimum Gasteiger partial charge on any atom is -0.0616 e. The molecule has 108 valence electrons. The normalized spacial score (nSPS) is 14.9. The SMILES string of the molecule is C(=C1/Cc2cccc3cccc1c23)/c1cccc2ccccc12. The maximum Gasteiger partial charge on any atom is -0.00130 e. The van der Waals surface area contributed by atoms with E-state index in [0.29, 0.717) is 0 Å². The van der Waals surface area contributed by atoms with E-state index in [4.69, 9.17) is 0 Å². The molecule has 0 saturated heterocycles. The molecule has 0 N–H and O–H groups in total. The third-order valence-electron chi connectivity index (χ3n) is 4.87. The molecule has 4 aromatic carbocycles. The highest BCUT2D eigenvalue weighted by Crippen LogP contribution is 2.39. The van der Waals surface area contributed by atoms with E-state index in [1.807, 2.05) is 0 Å². The lowest BCUT2D eigenvalue weighted by atomic mass is 9.99. The molecule has 0 saturated carbocycles. The second kappa shape index (κ2) is 4.82. The second-order valence-corrected chi connectivity index (χ2v) is 6.24. The van der Waals surface area contributed by atoms with Crippen molar-refractivity contribution in [2.24, 2.45) is 0 Å². The van der Waals surface area contributed by atoms with E-state index in [9.17, 15) is 0 Å². The molecule has 1 aliphatic rings. The molecule has 0 spiro atoms. The van der Waals surface area contributed by atoms with E-state index in [2.05, 4.69) is 84.9 Å². The van der Waals surface area contributed by atoms with Gasteiger partial charge in [0.1, 0.15) is 0 Å². The van der Waals surface area contributed by atoms with Crippen LogP contribution in [-0.2, 0) is 6.42 Å². The van der Waals surface area contributed by atoms with Gasteiger partial charge in [0.2, 0.25) is 0 Å². The summed E-state index contributed by atoms with van der Waals surface area (Å²) >= 11 is 0. The van der Waals surface area contributed by atoms with E-state index in [1.54, 1.807) is 0 Å². The highest BCUT2D eigenvalue weighted by Gasteiger charge is 2.18. The Bertz CT molecular complexity index is 1070. The lowest BCUT2D eigenvalue weighted by Crippen LogP contribution is -1.83. The molecule has 0 heteroatoms. The van der Waals surface area contributed by atoms with Gasteiger partial charge in [-0.3, -0.25) is 0 Å². The van der Waals surface area contributed by atoms with Crippen LogP contribution in [0.4, 0.5) is 0 Å². The van der Waals surface area contributed by atoms with Crippen LogP contribution >= 0.6 is 0 Å². The zero-order valence-corrected chi connectivity index (χ0v) is 12.8. The lowest BCUT2D eigenvalue weighted by Gasteiger charge is -2.05. The summed E-state index contributed by atoms with van der Waals surface area (Å²) in [4.78, 5) is 0. The minimum absolute atomic E-state index is 1.03. The lowest BCUT2D eigenvalue weighted by molar-refractivity contribution is 1.38. The summed E-state index contributed by atoms with van der Waals surface area (Å²) in [5.74, 6) is 0. The highest BCUT2D eigenvalue weighted by molar-refractivity contribution is 6.06. The van der Waals surface area contributed by atoms with Crippen molar-refractivity contribution in [1.29, 1.82) is 0 Å². The van der Waals surface area contributed by atoms with Crippen molar-refractivity contribution in [2.75, 3.05) is 0 Å². The average Bonchev–Trinajstić information content (AvgIpc) is 2.95. The van der Waals surface area contributed by atoms with Crippen molar-refractivity contribution >= 4 is 33.2 Å². The summed E-state index contributed by atoms with van der Waals surface area (Å²) in [7, 11) is 0. The molecule has 23 heavy (non-hydrogen) atoms. The molecule has 0 fully saturated rings. The molecule has 0 atom stereocenters. The monoisotopic (exact) mass is 292 g/mol. The van der Waals surface area contributed by atoms with Crippen LogP contribution < -0.4 is 0 Å². The first kappa shape index (κ1) is 12.7. The first-order chi connectivity index (χ1) is 11.4. The molecular formula is C23H16. The van der Waals surface area contributed by atoms with E-state index in [-0.39, 0.29) is 0 Å². The average molecular weight is 292 g/mol. The van der Waals surface area contributed by atoms with Crippen LogP contribution in [0.3, 0.4) is 0 Å². The Morgan fingerprint density at radius 1 is 0.652 bits per heavy atom. The van der Waals surface area contributed by atoms with E-state index in [0.717, 1.165) is 6.42 Å². The summed E-state index contributed by atoms with van der Waals surface area (Å²) in [6.45, 7) is 0. The fourth-order valence-corrected chi connectivity index (χ4v) is 3.83. The molecule has 1 aliphatic carbocycles. The number of rotatable bonds is 1. The maximum absolute atomic E-state index is 2.37. The van der Waals surface area contributed by atoms with Crippen LogP contribution in [0.1, 0.15) is 16.7 Å². The zero-order chi connectivity index (χ0) is 15.2. The first-order valence-corrected chi connectivity index (χ1v) is 8.09. The van der Waals surface area contributed by atoms with Gasteiger partial charge in [-0.2, -0.15) is 0 Å². The van der Waals surface area contributed by atoms with Gasteiger partial charge in [0, 0.05) is 0 Å². The van der Waals surface area contributed by atoms with Crippen molar-refractivity contribution in [1.82, 2.24) is 0 Å². The molecule has 0 radical (unpaired) electrons. The highest BCUT2D eigenvalue weighted by atomic mass is 14.2. The van der Waals surface area contributed by atoms with Crippen LogP contribution in [0.25, 0.3) is 33.2 Å². The number of allylic oxidation sites excluding steroid dienone is 1. The summed E-state index contributed by atoms with van der Waals surface area (Å²) in [6, 6.07) is 28.5. The molecule has 0 aliphatic heterocycles. The second-order valence-electron chi connectivity index (χ2n) is 6.24. The van der Waals surface area contributed by atoms with Crippen molar-refractivity contribution in [2.45, 2.75) is 6.42 Å². The number of hydrogen-bond acceptors (Lipinski definition) is 0. The van der Waals surface area contributed by atoms with Crippen molar-refractivity contribution in [3.8, 4) is 0 Å². The fraction of sp³-hybridized carbons (Fsp3) is 0.0435. The topological polar surface area (TPSA) is 0 Å². The van der Waals surface area contributed by atoms with Gasteiger partial charge in [0.15, 0.2) is 0 Å². The molecule has 0 unspecified atom stereocenters. The molecule has 0 bridgehead atoms. The Morgan fingerprint density at radius 3 is 2.35 bits per heavy atom. The first-order valence-electron chi connectivity index (χ1n) is 8.09. The Hall–Kier alpha value is -2.86. The predicted molar refractivity (Wildman–Crippen MR) is 99.5 cm³/mol. The van der Waals surface area contributed by atoms with Crippen LogP contribution in [0.15, 0.2) is 78.9 Å². The van der Waals surface area contributed by atoms with Gasteiger partial charge in [-0.25, -0.2) is 0 Å². The van der Waals surface area contributed by atoms with Gasteiger partial charge in [0.25, 0.3) is 0 Å². The van der Waals surface area contributed by atoms with Crippen LogP contribution in [0, 0.1) is 0 Å². The summed E-state index contributed by atoms with van der Waals surface area (Å²) < 4.78 is 0. The number of benzene rings is 4. The Balaban J connectivity index is 1.75. The van der Waals surface area contributed by atoms with Gasteiger partial charge < -0.3 is 0 Å². The predicted octanol–water partition coefficient (Wildman–Crippen LogP) is 6.09. The van der Waals surface area contributed by atoms with Crippen LogP contribution in [-0.4, -0.2) is 0 Å². The van der Waals surface area contributed by atoms with Crippen molar-refractivity contribution in [3.05, 3.63) is 95.6 Å². The van der Waals surface area contributed by atoms with Crippen LogP contribution in [0.2, 0.25) is 0 Å². The molecule has 0 nitrogen and oxygen atoms in total. The van der Waals surface area contributed by atoms with Gasteiger partial charge in [-0.05, 0) is 50.2 Å². The summed E-state index contributed by atoms with van der Waals surface area (Å²) in [5, 5.41) is 5.41. The standard InChI is InChI=1S/C23H16/c1-2-12-21-16(6-1)7-3-10-18(21)14-20-15-19-11-4-8-17-9-5-13-22(20)23(17)19/h1-14H,15H2/b20-14+. The molecule has 0 aromatic heterocycles.